The minimum Gasteiger partial charge on any atom is -0.445 e. The number of amides is 2. The first-order valence-corrected chi connectivity index (χ1v) is 16.2. The van der Waals surface area contributed by atoms with Crippen LogP contribution in [0.5, 0.6) is 0 Å². The topological polar surface area (TPSA) is 114 Å². The third-order valence-electron chi connectivity index (χ3n) is 8.57. The normalized spacial score (nSPS) is 17.5. The molecule has 3 aliphatic rings. The molecule has 223 valence electrons. The molecule has 2 amide bonds. The molecule has 10 nitrogen and oxygen atoms in total. The molecular weight excluding hydrogens is 577 g/mol. The van der Waals surface area contributed by atoms with Gasteiger partial charge >= 0.3 is 16.3 Å². The second-order valence-electron chi connectivity index (χ2n) is 11.5. The van der Waals surface area contributed by atoms with Gasteiger partial charge in [-0.3, -0.25) is 9.48 Å². The van der Waals surface area contributed by atoms with Crippen LogP contribution < -0.4 is 9.03 Å². The van der Waals surface area contributed by atoms with Gasteiger partial charge in [0, 0.05) is 55.9 Å². The molecule has 43 heavy (non-hydrogen) atoms. The van der Waals surface area contributed by atoms with E-state index in [4.69, 9.17) is 4.74 Å². The zero-order chi connectivity index (χ0) is 29.3. The van der Waals surface area contributed by atoms with Crippen LogP contribution in [0.4, 0.5) is 10.5 Å². The molecule has 1 fully saturated rings. The van der Waals surface area contributed by atoms with Crippen molar-refractivity contribution < 1.29 is 22.7 Å². The third-order valence-corrected chi connectivity index (χ3v) is 10.1. The van der Waals surface area contributed by atoms with Gasteiger partial charge < -0.3 is 9.64 Å². The summed E-state index contributed by atoms with van der Waals surface area (Å²) in [6.45, 7) is 0.730. The van der Waals surface area contributed by atoms with Crippen molar-refractivity contribution in [2.45, 2.75) is 70.4 Å². The Morgan fingerprint density at radius 2 is 1.74 bits per heavy atom. The number of hydrogen-bond donors (Lipinski definition) is 1. The van der Waals surface area contributed by atoms with Crippen molar-refractivity contribution >= 4 is 57.5 Å². The molecule has 2 aliphatic carbocycles. The summed E-state index contributed by atoms with van der Waals surface area (Å²) in [7, 11) is -2.61. The summed E-state index contributed by atoms with van der Waals surface area (Å²) in [5.41, 5.74) is 7.29. The molecule has 1 saturated heterocycles. The van der Waals surface area contributed by atoms with Gasteiger partial charge in [-0.25, -0.2) is 13.8 Å². The van der Waals surface area contributed by atoms with E-state index >= 15 is 0 Å². The predicted molar refractivity (Wildman–Crippen MR) is 164 cm³/mol. The number of nitrogens with one attached hydrogen (secondary N) is 1. The van der Waals surface area contributed by atoms with Crippen molar-refractivity contribution in [3.63, 3.8) is 0 Å². The summed E-state index contributed by atoms with van der Waals surface area (Å²) in [6, 6.07) is 11.1. The number of benzene rings is 2. The molecule has 6 rings (SSSR count). The SMILES string of the molecule is Cn1cc(N(C2CCCN(C(=O)OCc3ccccc3)C2)S(=O)(=O)NC(=O)Cc2c3c(cc4c2CCC4)CCC3)cn1.[Na]. The Kier molecular flexibility index (Phi) is 9.85. The minimum absolute atomic E-state index is 0. The van der Waals surface area contributed by atoms with E-state index in [1.54, 1.807) is 13.2 Å². The molecule has 3 aromatic rings. The van der Waals surface area contributed by atoms with Gasteiger partial charge in [-0.05, 0) is 84.7 Å². The zero-order valence-corrected chi connectivity index (χ0v) is 27.7. The van der Waals surface area contributed by atoms with Gasteiger partial charge in [-0.15, -0.1) is 0 Å². The van der Waals surface area contributed by atoms with Crippen LogP contribution in [-0.4, -0.2) is 83.8 Å². The van der Waals surface area contributed by atoms with Crippen molar-refractivity contribution in [3.8, 4) is 0 Å². The molecule has 1 N–H and O–H groups in total. The van der Waals surface area contributed by atoms with Crippen LogP contribution in [0.3, 0.4) is 0 Å². The quantitative estimate of drug-likeness (QED) is 0.390. The molecule has 0 spiro atoms. The number of fused-ring (bicyclic) bond motifs is 2. The third kappa shape index (κ3) is 6.95. The summed E-state index contributed by atoms with van der Waals surface area (Å²) in [6.07, 6.45) is 9.72. The van der Waals surface area contributed by atoms with Gasteiger partial charge in [0.2, 0.25) is 5.91 Å². The predicted octanol–water partition coefficient (Wildman–Crippen LogP) is 3.23. The van der Waals surface area contributed by atoms with Gasteiger partial charge in [0.05, 0.1) is 24.3 Å². The van der Waals surface area contributed by atoms with E-state index < -0.39 is 28.3 Å². The summed E-state index contributed by atoms with van der Waals surface area (Å²) in [5, 5.41) is 4.18. The summed E-state index contributed by atoms with van der Waals surface area (Å²) in [4.78, 5) is 27.9. The smallest absolute Gasteiger partial charge is 0.410 e. The average molecular weight is 615 g/mol. The number of piperidine rings is 1. The summed E-state index contributed by atoms with van der Waals surface area (Å²) >= 11 is 0. The molecule has 1 aromatic heterocycles. The van der Waals surface area contributed by atoms with Crippen molar-refractivity contribution in [3.05, 3.63) is 82.2 Å². The van der Waals surface area contributed by atoms with E-state index in [2.05, 4.69) is 15.9 Å². The average Bonchev–Trinajstić information content (AvgIpc) is 3.73. The number of aryl methyl sites for hydroxylation is 3. The fourth-order valence-corrected chi connectivity index (χ4v) is 8.12. The fraction of sp³-hybridized carbons (Fsp3) is 0.452. The van der Waals surface area contributed by atoms with Crippen LogP contribution in [0.2, 0.25) is 0 Å². The van der Waals surface area contributed by atoms with Crippen LogP contribution in [0.1, 0.15) is 59.1 Å². The number of carbonyl (C=O) groups is 2. The second-order valence-corrected chi connectivity index (χ2v) is 13.0. The standard InChI is InChI=1S/C31H37N5O5S.Na/c1-34-19-26(18-32-34)36(25-12-7-15-35(20-25)31(38)41-21-22-8-3-2-4-9-22)42(39,40)33-30(37)17-29-27-13-5-10-23(27)16-24-11-6-14-28(24)29;/h2-4,8-9,16,18-19,25H,5-7,10-15,17,20-21H2,1H3,(H,33,37);. The van der Waals surface area contributed by atoms with E-state index in [0.29, 0.717) is 25.1 Å². The number of aromatic nitrogens is 2. The Hall–Kier alpha value is -2.86. The molecule has 1 aliphatic heterocycles. The first kappa shape index (κ1) is 31.6. The Morgan fingerprint density at radius 1 is 1.05 bits per heavy atom. The van der Waals surface area contributed by atoms with Crippen LogP contribution in [0, 0.1) is 0 Å². The molecule has 2 aromatic carbocycles. The first-order chi connectivity index (χ1) is 20.3. The second kappa shape index (κ2) is 13.4. The van der Waals surface area contributed by atoms with E-state index in [9.17, 15) is 18.0 Å². The summed E-state index contributed by atoms with van der Waals surface area (Å²) in [5.74, 6) is -0.548. The van der Waals surface area contributed by atoms with Crippen LogP contribution in [0.15, 0.2) is 48.8 Å². The number of nitrogens with zero attached hydrogens (tertiary/aromatic N) is 4. The molecule has 1 atom stereocenters. The van der Waals surface area contributed by atoms with E-state index in [0.717, 1.165) is 49.7 Å². The maximum Gasteiger partial charge on any atom is 0.410 e. The van der Waals surface area contributed by atoms with Gasteiger partial charge in [0.25, 0.3) is 0 Å². The number of ether oxygens (including phenoxy) is 1. The Labute approximate surface area is 275 Å². The van der Waals surface area contributed by atoms with Gasteiger partial charge in [0.15, 0.2) is 0 Å². The molecule has 0 bridgehead atoms. The minimum atomic E-state index is -4.31. The monoisotopic (exact) mass is 614 g/mol. The van der Waals surface area contributed by atoms with Gasteiger partial charge in [0.1, 0.15) is 6.61 Å². The van der Waals surface area contributed by atoms with Crippen molar-refractivity contribution in [2.75, 3.05) is 17.4 Å². The van der Waals surface area contributed by atoms with Crippen molar-refractivity contribution in [1.82, 2.24) is 19.4 Å². The maximum absolute atomic E-state index is 13.9. The number of hydrogen-bond acceptors (Lipinski definition) is 6. The first-order valence-electron chi connectivity index (χ1n) is 14.7. The van der Waals surface area contributed by atoms with Crippen LogP contribution in [0.25, 0.3) is 0 Å². The number of anilines is 1. The molecule has 12 heteroatoms. The van der Waals surface area contributed by atoms with E-state index in [1.807, 2.05) is 30.3 Å². The Bertz CT molecular complexity index is 1560. The molecule has 1 radical (unpaired) electrons. The Balaban J connectivity index is 0.00000368. The van der Waals surface area contributed by atoms with E-state index in [1.165, 1.54) is 42.3 Å². The Morgan fingerprint density at radius 3 is 2.40 bits per heavy atom. The molecule has 2 heterocycles. The largest absolute Gasteiger partial charge is 0.445 e. The molecular formula is C31H37N5NaO5S. The zero-order valence-electron chi connectivity index (χ0n) is 24.9. The van der Waals surface area contributed by atoms with Gasteiger partial charge in [-0.2, -0.15) is 13.5 Å². The fourth-order valence-electron chi connectivity index (χ4n) is 6.73. The van der Waals surface area contributed by atoms with Crippen molar-refractivity contribution in [1.29, 1.82) is 0 Å². The number of rotatable bonds is 8. The van der Waals surface area contributed by atoms with E-state index in [-0.39, 0.29) is 49.1 Å². The molecule has 1 unspecified atom stereocenters. The number of likely N-dealkylation sites (tertiary alicyclic amines) is 1. The molecule has 0 saturated carbocycles. The van der Waals surface area contributed by atoms with Crippen LogP contribution >= 0.6 is 0 Å². The number of carbonyl (C=O) groups excluding carboxylic acids is 2. The summed E-state index contributed by atoms with van der Waals surface area (Å²) < 4.78 is 38.5. The maximum atomic E-state index is 13.9. The van der Waals surface area contributed by atoms with Crippen LogP contribution in [-0.2, 0) is 65.5 Å². The van der Waals surface area contributed by atoms with Gasteiger partial charge in [-0.1, -0.05) is 36.4 Å². The van der Waals surface area contributed by atoms with Crippen molar-refractivity contribution in [2.24, 2.45) is 7.05 Å².